The predicted molar refractivity (Wildman–Crippen MR) is 132 cm³/mol. The standard InChI is InChI=1S/C23H15ClF4IN5O2/c24-13-10-17(14(25)9-12(13)11-3-4-16-18(8-11)33-36-32-16)31-22(35)34-7-1-2-19(34)23(27,28)20-15(29)5-6-30-21(20)26/h3-6,8-10,19H,1-2,7H2,(H,31,35). The van der Waals surface area contributed by atoms with E-state index >= 15 is 8.78 Å². The molecular weight excluding hydrogens is 617 g/mol. The molecule has 1 aliphatic heterocycles. The number of amides is 2. The van der Waals surface area contributed by atoms with Crippen LogP contribution < -0.4 is 5.32 Å². The highest BCUT2D eigenvalue weighted by atomic mass is 127. The number of hydrogen-bond acceptors (Lipinski definition) is 5. The van der Waals surface area contributed by atoms with E-state index in [0.717, 1.165) is 17.2 Å². The Hall–Kier alpha value is -3.00. The van der Waals surface area contributed by atoms with Gasteiger partial charge < -0.3 is 10.2 Å². The summed E-state index contributed by atoms with van der Waals surface area (Å²) in [6.45, 7) is -0.0102. The van der Waals surface area contributed by atoms with Gasteiger partial charge in [-0.2, -0.15) is 13.2 Å². The molecule has 1 N–H and O–H groups in total. The lowest BCUT2D eigenvalue weighted by molar-refractivity contribution is -0.0679. The summed E-state index contributed by atoms with van der Waals surface area (Å²) in [4.78, 5) is 17.2. The van der Waals surface area contributed by atoms with E-state index in [2.05, 4.69) is 25.2 Å². The number of pyridine rings is 1. The van der Waals surface area contributed by atoms with Crippen LogP contribution >= 0.6 is 34.2 Å². The number of likely N-dealkylation sites (tertiary alicyclic amines) is 1. The summed E-state index contributed by atoms with van der Waals surface area (Å²) in [5.74, 6) is -5.83. The molecule has 3 heterocycles. The zero-order valence-corrected chi connectivity index (χ0v) is 21.0. The zero-order valence-electron chi connectivity index (χ0n) is 18.1. The molecule has 2 aromatic carbocycles. The highest BCUT2D eigenvalue weighted by Gasteiger charge is 2.51. The third kappa shape index (κ3) is 4.36. The first kappa shape index (κ1) is 24.7. The first-order valence-electron chi connectivity index (χ1n) is 10.6. The van der Waals surface area contributed by atoms with Crippen LogP contribution in [0.1, 0.15) is 18.4 Å². The second-order valence-corrected chi connectivity index (χ2v) is 9.71. The lowest BCUT2D eigenvalue weighted by Crippen LogP contribution is -2.47. The van der Waals surface area contributed by atoms with Crippen LogP contribution in [-0.4, -0.2) is 38.8 Å². The molecule has 186 valence electrons. The average Bonchev–Trinajstić information content (AvgIpc) is 3.50. The maximum Gasteiger partial charge on any atom is 0.322 e. The van der Waals surface area contributed by atoms with Crippen molar-refractivity contribution in [1.29, 1.82) is 0 Å². The molecule has 1 fully saturated rings. The van der Waals surface area contributed by atoms with Crippen molar-refractivity contribution in [2.45, 2.75) is 24.8 Å². The number of anilines is 1. The van der Waals surface area contributed by atoms with E-state index in [1.807, 2.05) is 0 Å². The first-order valence-corrected chi connectivity index (χ1v) is 12.1. The molecule has 1 aliphatic rings. The van der Waals surface area contributed by atoms with Gasteiger partial charge >= 0.3 is 6.03 Å². The van der Waals surface area contributed by atoms with Crippen molar-refractivity contribution in [3.63, 3.8) is 0 Å². The summed E-state index contributed by atoms with van der Waals surface area (Å²) < 4.78 is 64.6. The Morgan fingerprint density at radius 3 is 2.72 bits per heavy atom. The molecule has 4 aromatic rings. The summed E-state index contributed by atoms with van der Waals surface area (Å²) in [6, 6.07) is 5.90. The van der Waals surface area contributed by atoms with Gasteiger partial charge in [-0.25, -0.2) is 18.8 Å². The normalized spacial score (nSPS) is 16.1. The molecular formula is C23H15ClF4IN5O2. The quantitative estimate of drug-likeness (QED) is 0.156. The summed E-state index contributed by atoms with van der Waals surface area (Å²) in [7, 11) is 0. The molecule has 13 heteroatoms. The van der Waals surface area contributed by atoms with Crippen molar-refractivity contribution in [2.24, 2.45) is 0 Å². The number of hydrogen-bond donors (Lipinski definition) is 1. The molecule has 2 amide bonds. The van der Waals surface area contributed by atoms with Crippen LogP contribution in [0.2, 0.25) is 5.02 Å². The molecule has 7 nitrogen and oxygen atoms in total. The fourth-order valence-corrected chi connectivity index (χ4v) is 5.28. The fraction of sp³-hybridized carbons (Fsp3) is 0.217. The molecule has 0 spiro atoms. The van der Waals surface area contributed by atoms with Gasteiger partial charge in [0.1, 0.15) is 22.9 Å². The van der Waals surface area contributed by atoms with E-state index < -0.39 is 35.3 Å². The number of alkyl halides is 2. The minimum atomic E-state index is -3.71. The topological polar surface area (TPSA) is 84.2 Å². The van der Waals surface area contributed by atoms with Crippen molar-refractivity contribution >= 4 is 56.9 Å². The van der Waals surface area contributed by atoms with Gasteiger partial charge in [-0.05, 0) is 81.6 Å². The first-order chi connectivity index (χ1) is 17.2. The van der Waals surface area contributed by atoms with Crippen LogP contribution in [0.15, 0.2) is 47.2 Å². The number of aromatic nitrogens is 3. The van der Waals surface area contributed by atoms with Crippen molar-refractivity contribution in [2.75, 3.05) is 11.9 Å². The Morgan fingerprint density at radius 1 is 1.17 bits per heavy atom. The van der Waals surface area contributed by atoms with Crippen LogP contribution in [-0.2, 0) is 5.92 Å². The van der Waals surface area contributed by atoms with Crippen molar-refractivity contribution in [3.05, 3.63) is 68.5 Å². The molecule has 0 bridgehead atoms. The van der Waals surface area contributed by atoms with Crippen LogP contribution in [0.3, 0.4) is 0 Å². The maximum atomic E-state index is 15.4. The molecule has 36 heavy (non-hydrogen) atoms. The molecule has 2 aromatic heterocycles. The van der Waals surface area contributed by atoms with Crippen LogP contribution in [0.25, 0.3) is 22.2 Å². The van der Waals surface area contributed by atoms with E-state index in [0.29, 0.717) is 22.2 Å². The number of nitrogens with zero attached hydrogens (tertiary/aromatic N) is 4. The van der Waals surface area contributed by atoms with Gasteiger partial charge in [-0.1, -0.05) is 17.7 Å². The third-order valence-corrected chi connectivity index (χ3v) is 7.19. The van der Waals surface area contributed by atoms with E-state index in [1.165, 1.54) is 12.1 Å². The van der Waals surface area contributed by atoms with Gasteiger partial charge in [0.25, 0.3) is 5.92 Å². The number of benzene rings is 2. The number of halogens is 6. The molecule has 5 rings (SSSR count). The second kappa shape index (κ2) is 9.47. The number of rotatable bonds is 4. The molecule has 1 atom stereocenters. The number of urea groups is 1. The van der Waals surface area contributed by atoms with Crippen molar-refractivity contribution in [3.8, 4) is 11.1 Å². The summed E-state index contributed by atoms with van der Waals surface area (Å²) in [5.41, 5.74) is 0.665. The summed E-state index contributed by atoms with van der Waals surface area (Å²) in [5, 5.41) is 9.88. The molecule has 0 aliphatic carbocycles. The summed E-state index contributed by atoms with van der Waals surface area (Å²) >= 11 is 7.96. The summed E-state index contributed by atoms with van der Waals surface area (Å²) in [6.07, 6.45) is 1.30. The fourth-order valence-electron chi connectivity index (χ4n) is 4.27. The Labute approximate surface area is 219 Å². The zero-order chi connectivity index (χ0) is 25.6. The largest absolute Gasteiger partial charge is 0.322 e. The van der Waals surface area contributed by atoms with E-state index in [1.54, 1.807) is 40.8 Å². The molecule has 0 radical (unpaired) electrons. The lowest BCUT2D eigenvalue weighted by atomic mass is 10.0. The van der Waals surface area contributed by atoms with Gasteiger partial charge in [0.05, 0.1) is 16.3 Å². The number of carbonyl (C=O) groups excluding carboxylic acids is 1. The van der Waals surface area contributed by atoms with E-state index in [9.17, 15) is 13.6 Å². The SMILES string of the molecule is O=C(Nc1cc(Cl)c(-c2ccc3nonc3c2)cc1F)N1CCCC1C(F)(F)c1c(I)ccnc1F. The molecule has 1 saturated heterocycles. The Bertz CT molecular complexity index is 1460. The Morgan fingerprint density at radius 2 is 1.94 bits per heavy atom. The van der Waals surface area contributed by atoms with Crippen molar-refractivity contribution in [1.82, 2.24) is 20.2 Å². The second-order valence-electron chi connectivity index (χ2n) is 8.14. The van der Waals surface area contributed by atoms with E-state index in [-0.39, 0.29) is 33.7 Å². The minimum absolute atomic E-state index is 0.00892. The average molecular weight is 632 g/mol. The molecule has 0 saturated carbocycles. The maximum absolute atomic E-state index is 15.4. The van der Waals surface area contributed by atoms with Gasteiger partial charge in [0, 0.05) is 21.9 Å². The van der Waals surface area contributed by atoms with Crippen molar-refractivity contribution < 1.29 is 27.0 Å². The third-order valence-electron chi connectivity index (χ3n) is 5.98. The van der Waals surface area contributed by atoms with Gasteiger partial charge in [0.2, 0.25) is 5.95 Å². The Balaban J connectivity index is 1.40. The smallest absolute Gasteiger partial charge is 0.315 e. The monoisotopic (exact) mass is 631 g/mol. The lowest BCUT2D eigenvalue weighted by Gasteiger charge is -2.32. The Kier molecular flexibility index (Phi) is 6.49. The number of fused-ring (bicyclic) bond motifs is 1. The van der Waals surface area contributed by atoms with E-state index in [4.69, 9.17) is 11.6 Å². The van der Waals surface area contributed by atoms with Gasteiger partial charge in [0.15, 0.2) is 0 Å². The molecule has 1 unspecified atom stereocenters. The predicted octanol–water partition coefficient (Wildman–Crippen LogP) is 6.61. The number of nitrogens with one attached hydrogen (secondary N) is 1. The number of carbonyl (C=O) groups is 1. The minimum Gasteiger partial charge on any atom is -0.315 e. The highest BCUT2D eigenvalue weighted by molar-refractivity contribution is 14.1. The highest BCUT2D eigenvalue weighted by Crippen LogP contribution is 2.42. The van der Waals surface area contributed by atoms with Crippen LogP contribution in [0, 0.1) is 15.3 Å². The van der Waals surface area contributed by atoms with Crippen LogP contribution in [0.5, 0.6) is 0 Å². The van der Waals surface area contributed by atoms with Gasteiger partial charge in [-0.15, -0.1) is 0 Å². The van der Waals surface area contributed by atoms with Crippen LogP contribution in [0.4, 0.5) is 28.0 Å². The van der Waals surface area contributed by atoms with Gasteiger partial charge in [-0.3, -0.25) is 0 Å².